The first-order chi connectivity index (χ1) is 7.74. The number of hydrogen-bond acceptors (Lipinski definition) is 3. The van der Waals surface area contributed by atoms with Crippen LogP contribution in [0.1, 0.15) is 11.6 Å². The molecule has 1 aromatic carbocycles. The summed E-state index contributed by atoms with van der Waals surface area (Å²) in [5.41, 5.74) is 0.221. The lowest BCUT2D eigenvalue weighted by Gasteiger charge is -2.17. The molecule has 3 nitrogen and oxygen atoms in total. The smallest absolute Gasteiger partial charge is 0.160 e. The average Bonchev–Trinajstić information content (AvgIpc) is 2.19. The van der Waals surface area contributed by atoms with Gasteiger partial charge in [0.1, 0.15) is 9.84 Å². The number of hydrogen-bond donors (Lipinski definition) is 1. The summed E-state index contributed by atoms with van der Waals surface area (Å²) in [5.74, 6) is -2.36. The zero-order valence-corrected chi connectivity index (χ0v) is 10.9. The molecule has 0 bridgehead atoms. The summed E-state index contributed by atoms with van der Waals surface area (Å²) in [5, 5.41) is 2.70. The van der Waals surface area contributed by atoms with Crippen LogP contribution in [0.25, 0.3) is 0 Å². The summed E-state index contributed by atoms with van der Waals surface area (Å²) >= 11 is 5.76. The number of benzene rings is 1. The summed E-state index contributed by atoms with van der Waals surface area (Å²) in [6.45, 7) is 0. The lowest BCUT2D eigenvalue weighted by Crippen LogP contribution is -2.25. The molecular weight excluding hydrogens is 272 g/mol. The molecule has 0 fully saturated rings. The summed E-state index contributed by atoms with van der Waals surface area (Å²) in [6, 6.07) is 1.07. The Hall–Kier alpha value is -0.720. The van der Waals surface area contributed by atoms with Gasteiger partial charge in [-0.15, -0.1) is 0 Å². The third kappa shape index (κ3) is 3.90. The topological polar surface area (TPSA) is 46.2 Å². The second-order valence-electron chi connectivity index (χ2n) is 3.72. The van der Waals surface area contributed by atoms with Gasteiger partial charge in [-0.05, 0) is 24.7 Å². The number of halogens is 3. The van der Waals surface area contributed by atoms with Gasteiger partial charge in [-0.25, -0.2) is 17.2 Å². The highest BCUT2D eigenvalue weighted by atomic mass is 35.5. The summed E-state index contributed by atoms with van der Waals surface area (Å²) in [4.78, 5) is 0. The lowest BCUT2D eigenvalue weighted by atomic mass is 10.1. The minimum absolute atomic E-state index is 0.00750. The molecule has 1 atom stereocenters. The van der Waals surface area contributed by atoms with Gasteiger partial charge in [-0.2, -0.15) is 0 Å². The van der Waals surface area contributed by atoms with Crippen LogP contribution in [-0.4, -0.2) is 27.5 Å². The predicted octanol–water partition coefficient (Wildman–Crippen LogP) is 1.92. The molecule has 0 amide bonds. The van der Waals surface area contributed by atoms with Gasteiger partial charge in [-0.1, -0.05) is 11.6 Å². The fraction of sp³-hybridized carbons (Fsp3) is 0.400. The number of rotatable bonds is 4. The van der Waals surface area contributed by atoms with Crippen LogP contribution in [0.2, 0.25) is 5.02 Å². The number of sulfone groups is 1. The van der Waals surface area contributed by atoms with Crippen LogP contribution in [0, 0.1) is 11.6 Å². The molecule has 0 aliphatic rings. The van der Waals surface area contributed by atoms with Crippen LogP contribution in [-0.2, 0) is 9.84 Å². The highest BCUT2D eigenvalue weighted by Crippen LogP contribution is 2.26. The van der Waals surface area contributed by atoms with Crippen LogP contribution in [0.4, 0.5) is 8.78 Å². The monoisotopic (exact) mass is 283 g/mol. The summed E-state index contributed by atoms with van der Waals surface area (Å²) < 4.78 is 48.3. The van der Waals surface area contributed by atoms with Crippen molar-refractivity contribution in [3.63, 3.8) is 0 Å². The third-order valence-corrected chi connectivity index (χ3v) is 3.50. The van der Waals surface area contributed by atoms with Crippen molar-refractivity contribution in [1.82, 2.24) is 5.32 Å². The highest BCUT2D eigenvalue weighted by Gasteiger charge is 2.20. The van der Waals surface area contributed by atoms with Gasteiger partial charge in [0, 0.05) is 17.3 Å². The maximum Gasteiger partial charge on any atom is 0.160 e. The largest absolute Gasteiger partial charge is 0.312 e. The van der Waals surface area contributed by atoms with E-state index in [9.17, 15) is 17.2 Å². The maximum absolute atomic E-state index is 13.1. The molecule has 0 aliphatic heterocycles. The average molecular weight is 284 g/mol. The Bertz CT molecular complexity index is 519. The normalized spacial score (nSPS) is 13.7. The highest BCUT2D eigenvalue weighted by molar-refractivity contribution is 7.90. The third-order valence-electron chi connectivity index (χ3n) is 2.23. The molecule has 0 heterocycles. The Morgan fingerprint density at radius 3 is 2.35 bits per heavy atom. The van der Waals surface area contributed by atoms with Crippen LogP contribution >= 0.6 is 11.6 Å². The fourth-order valence-electron chi connectivity index (χ4n) is 1.44. The van der Waals surface area contributed by atoms with Gasteiger partial charge >= 0.3 is 0 Å². The molecule has 1 aromatic rings. The van der Waals surface area contributed by atoms with E-state index in [0.717, 1.165) is 18.4 Å². The fourth-order valence-corrected chi connectivity index (χ4v) is 2.67. The van der Waals surface area contributed by atoms with E-state index in [1.54, 1.807) is 0 Å². The first-order valence-electron chi connectivity index (χ1n) is 4.74. The van der Waals surface area contributed by atoms with Crippen molar-refractivity contribution in [2.45, 2.75) is 6.04 Å². The Morgan fingerprint density at radius 2 is 1.88 bits per heavy atom. The Balaban J connectivity index is 3.17. The van der Waals surface area contributed by atoms with E-state index in [1.807, 2.05) is 0 Å². The first kappa shape index (κ1) is 14.3. The van der Waals surface area contributed by atoms with Gasteiger partial charge in [0.05, 0.1) is 5.75 Å². The standard InChI is InChI=1S/C10H12ClF2NO2S/c1-14-10(5-17(2,15)16)6-3-8(12)9(13)4-7(6)11/h3-4,10,14H,5H2,1-2H3. The van der Waals surface area contributed by atoms with Crippen LogP contribution < -0.4 is 5.32 Å². The van der Waals surface area contributed by atoms with Crippen LogP contribution in [0.3, 0.4) is 0 Å². The van der Waals surface area contributed by atoms with Crippen molar-refractivity contribution in [3.8, 4) is 0 Å². The van der Waals surface area contributed by atoms with Crippen molar-refractivity contribution in [1.29, 1.82) is 0 Å². The predicted molar refractivity (Wildman–Crippen MR) is 62.9 cm³/mol. The van der Waals surface area contributed by atoms with Crippen molar-refractivity contribution in [2.75, 3.05) is 19.1 Å². The lowest BCUT2D eigenvalue weighted by molar-refractivity contribution is 0.503. The quantitative estimate of drug-likeness (QED) is 0.859. The molecule has 1 rings (SSSR count). The van der Waals surface area contributed by atoms with E-state index < -0.39 is 27.5 Å². The van der Waals surface area contributed by atoms with Gasteiger partial charge in [-0.3, -0.25) is 0 Å². The Morgan fingerprint density at radius 1 is 1.35 bits per heavy atom. The second kappa shape index (κ2) is 5.29. The minimum Gasteiger partial charge on any atom is -0.312 e. The van der Waals surface area contributed by atoms with Crippen molar-refractivity contribution in [2.24, 2.45) is 0 Å². The van der Waals surface area contributed by atoms with Gasteiger partial charge in [0.15, 0.2) is 11.6 Å². The molecule has 17 heavy (non-hydrogen) atoms. The van der Waals surface area contributed by atoms with Crippen LogP contribution in [0.5, 0.6) is 0 Å². The minimum atomic E-state index is -3.26. The van der Waals surface area contributed by atoms with E-state index in [2.05, 4.69) is 5.32 Å². The zero-order valence-electron chi connectivity index (χ0n) is 9.30. The van der Waals surface area contributed by atoms with Gasteiger partial charge in [0.25, 0.3) is 0 Å². The molecule has 0 aromatic heterocycles. The molecule has 0 radical (unpaired) electrons. The zero-order chi connectivity index (χ0) is 13.2. The molecule has 0 saturated carbocycles. The van der Waals surface area contributed by atoms with Crippen molar-refractivity contribution >= 4 is 21.4 Å². The van der Waals surface area contributed by atoms with Gasteiger partial charge in [0.2, 0.25) is 0 Å². The van der Waals surface area contributed by atoms with Gasteiger partial charge < -0.3 is 5.32 Å². The number of nitrogens with one attached hydrogen (secondary N) is 1. The molecular formula is C10H12ClF2NO2S. The first-order valence-corrected chi connectivity index (χ1v) is 7.18. The SMILES string of the molecule is CNC(CS(C)(=O)=O)c1cc(F)c(F)cc1Cl. The van der Waals surface area contributed by atoms with E-state index in [-0.39, 0.29) is 16.3 Å². The van der Waals surface area contributed by atoms with E-state index in [0.29, 0.717) is 0 Å². The Labute approximate surface area is 104 Å². The maximum atomic E-state index is 13.1. The van der Waals surface area contributed by atoms with E-state index in [1.165, 1.54) is 7.05 Å². The molecule has 7 heteroatoms. The second-order valence-corrected chi connectivity index (χ2v) is 6.31. The molecule has 0 spiro atoms. The molecule has 0 aliphatic carbocycles. The molecule has 0 saturated heterocycles. The van der Waals surface area contributed by atoms with Crippen molar-refractivity contribution in [3.05, 3.63) is 34.4 Å². The van der Waals surface area contributed by atoms with Crippen molar-refractivity contribution < 1.29 is 17.2 Å². The van der Waals surface area contributed by atoms with Crippen LogP contribution in [0.15, 0.2) is 12.1 Å². The summed E-state index contributed by atoms with van der Waals surface area (Å²) in [6.07, 6.45) is 1.06. The Kier molecular flexibility index (Phi) is 4.46. The van der Waals surface area contributed by atoms with E-state index >= 15 is 0 Å². The molecule has 96 valence electrons. The molecule has 1 N–H and O–H groups in total. The van der Waals surface area contributed by atoms with E-state index in [4.69, 9.17) is 11.6 Å². The summed E-state index contributed by atoms with van der Waals surface area (Å²) in [7, 11) is -1.74. The molecule has 1 unspecified atom stereocenters.